The highest BCUT2D eigenvalue weighted by Gasteiger charge is 2.72. The molecule has 1 saturated carbocycles. The van der Waals surface area contributed by atoms with Gasteiger partial charge in [0.1, 0.15) is 11.6 Å². The van der Waals surface area contributed by atoms with E-state index in [-0.39, 0.29) is 23.8 Å². The van der Waals surface area contributed by atoms with Crippen molar-refractivity contribution in [2.45, 2.75) is 84.1 Å². The van der Waals surface area contributed by atoms with E-state index in [9.17, 15) is 14.4 Å². The molecular weight excluding hydrogens is 526 g/mol. The number of aryl methyl sites for hydroxylation is 3. The Kier molecular flexibility index (Phi) is 7.50. The Balaban J connectivity index is 1.30. The molecular formula is C35H43N3O4. The number of ether oxygens (including phenoxy) is 1. The van der Waals surface area contributed by atoms with E-state index in [1.807, 2.05) is 51.1 Å². The maximum absolute atomic E-state index is 14.3. The summed E-state index contributed by atoms with van der Waals surface area (Å²) in [6.45, 7) is 10.9. The van der Waals surface area contributed by atoms with Gasteiger partial charge in [-0.1, -0.05) is 74.7 Å². The summed E-state index contributed by atoms with van der Waals surface area (Å²) in [5.74, 6) is -1.20. The van der Waals surface area contributed by atoms with Gasteiger partial charge >= 0.3 is 0 Å². The third-order valence-corrected chi connectivity index (χ3v) is 10.5. The van der Waals surface area contributed by atoms with Crippen LogP contribution in [0.4, 0.5) is 5.69 Å². The molecule has 1 aliphatic carbocycles. The van der Waals surface area contributed by atoms with E-state index in [0.717, 1.165) is 36.0 Å². The molecule has 2 N–H and O–H groups in total. The maximum Gasteiger partial charge on any atom is 0.246 e. The number of benzene rings is 2. The molecule has 8 atom stereocenters. The lowest BCUT2D eigenvalue weighted by Crippen LogP contribution is -2.58. The number of likely N-dealkylation sites (tertiary alicyclic amines) is 1. The zero-order valence-corrected chi connectivity index (χ0v) is 25.4. The molecule has 2 saturated heterocycles. The number of amides is 3. The van der Waals surface area contributed by atoms with Crippen molar-refractivity contribution in [2.24, 2.45) is 23.7 Å². The van der Waals surface area contributed by atoms with Gasteiger partial charge in [0.05, 0.1) is 17.9 Å². The Bertz CT molecular complexity index is 1420. The van der Waals surface area contributed by atoms with E-state index in [4.69, 9.17) is 4.74 Å². The second-order valence-electron chi connectivity index (χ2n) is 13.1. The quantitative estimate of drug-likeness (QED) is 0.465. The molecule has 3 amide bonds. The molecule has 222 valence electrons. The molecule has 3 heterocycles. The van der Waals surface area contributed by atoms with Gasteiger partial charge in [0.25, 0.3) is 0 Å². The molecule has 0 unspecified atom stereocenters. The molecule has 0 aromatic heterocycles. The summed E-state index contributed by atoms with van der Waals surface area (Å²) >= 11 is 0. The van der Waals surface area contributed by atoms with Crippen LogP contribution >= 0.6 is 0 Å². The minimum absolute atomic E-state index is 0.0530. The van der Waals surface area contributed by atoms with Crippen LogP contribution in [-0.4, -0.2) is 53.0 Å². The van der Waals surface area contributed by atoms with Crippen molar-refractivity contribution in [1.29, 1.82) is 0 Å². The van der Waals surface area contributed by atoms with Gasteiger partial charge in [-0.2, -0.15) is 0 Å². The fourth-order valence-corrected chi connectivity index (χ4v) is 7.60. The lowest BCUT2D eigenvalue weighted by molar-refractivity contribution is -0.141. The van der Waals surface area contributed by atoms with Gasteiger partial charge in [0.2, 0.25) is 17.7 Å². The second-order valence-corrected chi connectivity index (χ2v) is 13.1. The summed E-state index contributed by atoms with van der Waals surface area (Å²) in [6, 6.07) is 13.3. The maximum atomic E-state index is 14.3. The lowest BCUT2D eigenvalue weighted by Gasteiger charge is -2.38. The van der Waals surface area contributed by atoms with Gasteiger partial charge < -0.3 is 20.3 Å². The number of carbonyl (C=O) groups excluding carboxylic acids is 3. The third-order valence-electron chi connectivity index (χ3n) is 10.5. The van der Waals surface area contributed by atoms with Crippen LogP contribution < -0.4 is 10.6 Å². The number of nitrogens with zero attached hydrogens (tertiary/aromatic N) is 1. The third kappa shape index (κ3) is 4.85. The topological polar surface area (TPSA) is 87.7 Å². The molecule has 4 aliphatic rings. The Labute approximate surface area is 249 Å². The number of carbonyl (C=O) groups is 3. The molecule has 2 aromatic rings. The van der Waals surface area contributed by atoms with Crippen molar-refractivity contribution in [3.8, 4) is 0 Å². The first kappa shape index (κ1) is 28.7. The van der Waals surface area contributed by atoms with Gasteiger partial charge in [-0.3, -0.25) is 14.4 Å². The molecule has 3 fully saturated rings. The van der Waals surface area contributed by atoms with Crippen LogP contribution in [0.15, 0.2) is 54.6 Å². The fourth-order valence-electron chi connectivity index (χ4n) is 7.60. The Morgan fingerprint density at radius 3 is 2.50 bits per heavy atom. The fraction of sp³-hybridized carbons (Fsp3) is 0.514. The zero-order chi connectivity index (χ0) is 29.8. The van der Waals surface area contributed by atoms with E-state index in [1.165, 1.54) is 5.56 Å². The van der Waals surface area contributed by atoms with Crippen LogP contribution in [0.25, 0.3) is 0 Å². The van der Waals surface area contributed by atoms with Crippen molar-refractivity contribution in [3.05, 3.63) is 76.9 Å². The van der Waals surface area contributed by atoms with E-state index < -0.39 is 29.6 Å². The number of hydrogen-bond donors (Lipinski definition) is 2. The average molecular weight is 570 g/mol. The van der Waals surface area contributed by atoms with Crippen molar-refractivity contribution >= 4 is 23.4 Å². The number of anilines is 1. The smallest absolute Gasteiger partial charge is 0.246 e. The van der Waals surface area contributed by atoms with E-state index in [0.29, 0.717) is 30.5 Å². The van der Waals surface area contributed by atoms with Crippen molar-refractivity contribution in [1.82, 2.24) is 10.2 Å². The molecule has 3 aliphatic heterocycles. The minimum Gasteiger partial charge on any atom is -0.359 e. The normalized spacial score (nSPS) is 33.1. The SMILES string of the molecule is Cc1ccc(CCN2C(=O)[C@@H]3[C@H](C(=O)Nc4ccc(C)c(C)c4)[C@@H]4C=C[C@@]3(O4)[C@@H]2C(=O)N[C@@H]2CCC[C@H](C)[C@H]2C)cc1. The molecule has 6 rings (SSSR count). The first-order valence-electron chi connectivity index (χ1n) is 15.5. The van der Waals surface area contributed by atoms with Crippen molar-refractivity contribution < 1.29 is 19.1 Å². The highest BCUT2D eigenvalue weighted by atomic mass is 16.5. The molecule has 1 spiro atoms. The Hall–Kier alpha value is -3.45. The second kappa shape index (κ2) is 11.0. The summed E-state index contributed by atoms with van der Waals surface area (Å²) in [5.41, 5.74) is 4.03. The summed E-state index contributed by atoms with van der Waals surface area (Å²) in [7, 11) is 0. The predicted molar refractivity (Wildman–Crippen MR) is 163 cm³/mol. The van der Waals surface area contributed by atoms with Gasteiger partial charge in [0.15, 0.2) is 0 Å². The van der Waals surface area contributed by atoms with Gasteiger partial charge in [-0.05, 0) is 74.3 Å². The van der Waals surface area contributed by atoms with Crippen LogP contribution in [0.1, 0.15) is 55.4 Å². The first-order chi connectivity index (χ1) is 20.1. The number of fused-ring (bicyclic) bond motifs is 1. The molecule has 42 heavy (non-hydrogen) atoms. The summed E-state index contributed by atoms with van der Waals surface area (Å²) < 4.78 is 6.54. The van der Waals surface area contributed by atoms with Crippen molar-refractivity contribution in [3.63, 3.8) is 0 Å². The van der Waals surface area contributed by atoms with Crippen LogP contribution in [-0.2, 0) is 25.5 Å². The van der Waals surface area contributed by atoms with Gasteiger partial charge in [-0.15, -0.1) is 0 Å². The van der Waals surface area contributed by atoms with E-state index in [1.54, 1.807) is 4.90 Å². The predicted octanol–water partition coefficient (Wildman–Crippen LogP) is 4.88. The van der Waals surface area contributed by atoms with E-state index in [2.05, 4.69) is 48.7 Å². The Morgan fingerprint density at radius 2 is 1.76 bits per heavy atom. The molecule has 7 heteroatoms. The minimum atomic E-state index is -1.16. The van der Waals surface area contributed by atoms with Crippen LogP contribution in [0.2, 0.25) is 0 Å². The van der Waals surface area contributed by atoms with Crippen LogP contribution in [0.5, 0.6) is 0 Å². The van der Waals surface area contributed by atoms with Crippen molar-refractivity contribution in [2.75, 3.05) is 11.9 Å². The Morgan fingerprint density at radius 1 is 1.00 bits per heavy atom. The van der Waals surface area contributed by atoms with Crippen LogP contribution in [0, 0.1) is 44.4 Å². The monoisotopic (exact) mass is 569 g/mol. The molecule has 0 radical (unpaired) electrons. The largest absolute Gasteiger partial charge is 0.359 e. The van der Waals surface area contributed by atoms with Crippen LogP contribution in [0.3, 0.4) is 0 Å². The van der Waals surface area contributed by atoms with Gasteiger partial charge in [0, 0.05) is 18.3 Å². The number of hydrogen-bond acceptors (Lipinski definition) is 4. The average Bonchev–Trinajstić information content (AvgIpc) is 3.60. The van der Waals surface area contributed by atoms with E-state index >= 15 is 0 Å². The zero-order valence-electron chi connectivity index (χ0n) is 25.4. The summed E-state index contributed by atoms with van der Waals surface area (Å²) in [4.78, 5) is 44.0. The summed E-state index contributed by atoms with van der Waals surface area (Å²) in [5, 5.41) is 6.38. The highest BCUT2D eigenvalue weighted by Crippen LogP contribution is 2.55. The highest BCUT2D eigenvalue weighted by molar-refractivity contribution is 6.02. The summed E-state index contributed by atoms with van der Waals surface area (Å²) in [6.07, 6.45) is 7.00. The standard InChI is InChI=1S/C35H43N3O4/c1-20-9-12-25(13-10-20)16-18-38-31(33(40)37-27-8-6-7-22(3)24(27)5)35-17-15-28(42-35)29(30(35)34(38)41)32(39)36-26-14-11-21(2)23(4)19-26/h9-15,17,19,22,24,27-31H,6-8,16,18H2,1-5H3,(H,36,39)(H,37,40)/t22-,24+,27+,28-,29+,30-,31-,35-/m0/s1. The lowest BCUT2D eigenvalue weighted by atomic mass is 9.73. The molecule has 2 aromatic carbocycles. The molecule has 7 nitrogen and oxygen atoms in total. The van der Waals surface area contributed by atoms with Gasteiger partial charge in [-0.25, -0.2) is 0 Å². The number of nitrogens with one attached hydrogen (secondary N) is 2. The number of rotatable bonds is 7. The molecule has 2 bridgehead atoms. The first-order valence-corrected chi connectivity index (χ1v) is 15.5.